The zero-order valence-electron chi connectivity index (χ0n) is 10.5. The molecule has 19 heavy (non-hydrogen) atoms. The van der Waals surface area contributed by atoms with Gasteiger partial charge in [-0.25, -0.2) is 0 Å². The van der Waals surface area contributed by atoms with Gasteiger partial charge in [-0.2, -0.15) is 5.10 Å². The first-order valence-corrected chi connectivity index (χ1v) is 6.04. The number of benzene rings is 1. The van der Waals surface area contributed by atoms with Crippen molar-refractivity contribution in [2.75, 3.05) is 6.54 Å². The van der Waals surface area contributed by atoms with Crippen molar-refractivity contribution in [2.24, 2.45) is 10.9 Å². The first-order chi connectivity index (χ1) is 9.29. The number of nitrogens with one attached hydrogen (secondary N) is 1. The van der Waals surface area contributed by atoms with Crippen LogP contribution < -0.4 is 11.1 Å². The van der Waals surface area contributed by atoms with Gasteiger partial charge < -0.3 is 16.3 Å². The highest BCUT2D eigenvalue weighted by Gasteiger charge is 1.99. The Bertz CT molecular complexity index is 518. The molecular formula is C13H17N5O. The summed E-state index contributed by atoms with van der Waals surface area (Å²) >= 11 is 0. The first-order valence-electron chi connectivity index (χ1n) is 6.04. The molecule has 1 aromatic heterocycles. The Balaban J connectivity index is 1.77. The van der Waals surface area contributed by atoms with Gasteiger partial charge in [0.05, 0.1) is 6.54 Å². The van der Waals surface area contributed by atoms with Crippen LogP contribution in [0.5, 0.6) is 0 Å². The summed E-state index contributed by atoms with van der Waals surface area (Å²) in [6, 6.07) is 9.48. The van der Waals surface area contributed by atoms with E-state index >= 15 is 0 Å². The molecule has 6 nitrogen and oxygen atoms in total. The molecule has 0 bridgehead atoms. The number of aromatic nitrogens is 2. The molecule has 0 fully saturated rings. The van der Waals surface area contributed by atoms with Gasteiger partial charge in [-0.05, 0) is 11.6 Å². The molecule has 0 aliphatic heterocycles. The zero-order chi connectivity index (χ0) is 13.5. The van der Waals surface area contributed by atoms with Gasteiger partial charge in [0.1, 0.15) is 0 Å². The molecule has 1 aromatic carbocycles. The molecule has 100 valence electrons. The van der Waals surface area contributed by atoms with Crippen LogP contribution in [0.1, 0.15) is 11.1 Å². The Morgan fingerprint density at radius 1 is 1.37 bits per heavy atom. The molecular weight excluding hydrogens is 242 g/mol. The number of nitrogens with two attached hydrogens (primary N) is 1. The van der Waals surface area contributed by atoms with E-state index in [0.29, 0.717) is 5.56 Å². The maximum absolute atomic E-state index is 8.56. The summed E-state index contributed by atoms with van der Waals surface area (Å²) in [4.78, 5) is 0. The van der Waals surface area contributed by atoms with Crippen LogP contribution >= 0.6 is 0 Å². The van der Waals surface area contributed by atoms with Gasteiger partial charge in [0.25, 0.3) is 0 Å². The molecule has 0 saturated carbocycles. The molecule has 0 aliphatic rings. The van der Waals surface area contributed by atoms with Crippen molar-refractivity contribution in [1.82, 2.24) is 15.1 Å². The van der Waals surface area contributed by atoms with E-state index in [0.717, 1.165) is 25.2 Å². The fourth-order valence-electron chi connectivity index (χ4n) is 1.71. The maximum atomic E-state index is 8.56. The summed E-state index contributed by atoms with van der Waals surface area (Å²) in [5.74, 6) is 0.123. The Morgan fingerprint density at radius 3 is 2.79 bits per heavy atom. The number of oxime groups is 1. The van der Waals surface area contributed by atoms with E-state index in [4.69, 9.17) is 10.9 Å². The Morgan fingerprint density at radius 2 is 2.16 bits per heavy atom. The Kier molecular flexibility index (Phi) is 4.52. The molecule has 0 spiro atoms. The van der Waals surface area contributed by atoms with Crippen molar-refractivity contribution in [3.05, 3.63) is 53.9 Å². The summed E-state index contributed by atoms with van der Waals surface area (Å²) in [5.41, 5.74) is 7.35. The van der Waals surface area contributed by atoms with Crippen LogP contribution in [0.2, 0.25) is 0 Å². The number of rotatable bonds is 6. The molecule has 2 aromatic rings. The second-order valence-corrected chi connectivity index (χ2v) is 4.13. The molecule has 4 N–H and O–H groups in total. The summed E-state index contributed by atoms with van der Waals surface area (Å²) < 4.78 is 1.88. The van der Waals surface area contributed by atoms with Crippen LogP contribution in [0.15, 0.2) is 47.9 Å². The SMILES string of the molecule is NC(=NO)c1ccc(CNCCn2cccn2)cc1. The lowest BCUT2D eigenvalue weighted by Gasteiger charge is -2.06. The predicted molar refractivity (Wildman–Crippen MR) is 72.9 cm³/mol. The average molecular weight is 259 g/mol. The lowest BCUT2D eigenvalue weighted by molar-refractivity contribution is 0.318. The number of nitrogens with zero attached hydrogens (tertiary/aromatic N) is 3. The molecule has 0 saturated heterocycles. The van der Waals surface area contributed by atoms with E-state index < -0.39 is 0 Å². The van der Waals surface area contributed by atoms with Gasteiger partial charge in [0.2, 0.25) is 0 Å². The van der Waals surface area contributed by atoms with E-state index in [9.17, 15) is 0 Å². The van der Waals surface area contributed by atoms with Crippen molar-refractivity contribution in [3.8, 4) is 0 Å². The molecule has 0 aliphatic carbocycles. The molecule has 0 radical (unpaired) electrons. The molecule has 0 atom stereocenters. The minimum absolute atomic E-state index is 0.123. The smallest absolute Gasteiger partial charge is 0.170 e. The minimum atomic E-state index is 0.123. The third-order valence-electron chi connectivity index (χ3n) is 2.76. The Hall–Kier alpha value is -2.34. The third-order valence-corrected chi connectivity index (χ3v) is 2.76. The van der Waals surface area contributed by atoms with Crippen molar-refractivity contribution in [1.29, 1.82) is 0 Å². The van der Waals surface area contributed by atoms with E-state index in [1.165, 1.54) is 0 Å². The molecule has 0 amide bonds. The number of amidine groups is 1. The van der Waals surface area contributed by atoms with E-state index in [-0.39, 0.29) is 5.84 Å². The fourth-order valence-corrected chi connectivity index (χ4v) is 1.71. The molecule has 0 unspecified atom stereocenters. The van der Waals surface area contributed by atoms with Crippen LogP contribution in [0.4, 0.5) is 0 Å². The van der Waals surface area contributed by atoms with Crippen LogP contribution in [-0.4, -0.2) is 27.4 Å². The van der Waals surface area contributed by atoms with Gasteiger partial charge in [-0.15, -0.1) is 0 Å². The second kappa shape index (κ2) is 6.55. The van der Waals surface area contributed by atoms with Gasteiger partial charge >= 0.3 is 0 Å². The maximum Gasteiger partial charge on any atom is 0.170 e. The topological polar surface area (TPSA) is 88.5 Å². The number of hydrogen-bond acceptors (Lipinski definition) is 4. The highest BCUT2D eigenvalue weighted by molar-refractivity contribution is 5.96. The van der Waals surface area contributed by atoms with Crippen LogP contribution in [0, 0.1) is 0 Å². The van der Waals surface area contributed by atoms with Crippen LogP contribution in [-0.2, 0) is 13.1 Å². The number of hydrogen-bond donors (Lipinski definition) is 3. The van der Waals surface area contributed by atoms with Gasteiger partial charge in [0, 0.05) is 31.0 Å². The average Bonchev–Trinajstić information content (AvgIpc) is 2.96. The highest BCUT2D eigenvalue weighted by Crippen LogP contribution is 2.03. The summed E-state index contributed by atoms with van der Waals surface area (Å²) in [6.45, 7) is 2.47. The molecule has 6 heteroatoms. The van der Waals surface area contributed by atoms with Gasteiger partial charge in [0.15, 0.2) is 5.84 Å². The lowest BCUT2D eigenvalue weighted by atomic mass is 10.1. The largest absolute Gasteiger partial charge is 0.409 e. The van der Waals surface area contributed by atoms with Crippen molar-refractivity contribution in [2.45, 2.75) is 13.1 Å². The van der Waals surface area contributed by atoms with Crippen LogP contribution in [0.3, 0.4) is 0 Å². The van der Waals surface area contributed by atoms with E-state index in [1.807, 2.05) is 41.2 Å². The predicted octanol–water partition coefficient (Wildman–Crippen LogP) is 0.767. The fraction of sp³-hybridized carbons (Fsp3) is 0.231. The minimum Gasteiger partial charge on any atom is -0.409 e. The monoisotopic (exact) mass is 259 g/mol. The third kappa shape index (κ3) is 3.82. The summed E-state index contributed by atoms with van der Waals surface area (Å²) in [6.07, 6.45) is 3.71. The van der Waals surface area contributed by atoms with E-state index in [1.54, 1.807) is 6.20 Å². The van der Waals surface area contributed by atoms with Crippen molar-refractivity contribution in [3.63, 3.8) is 0 Å². The van der Waals surface area contributed by atoms with Gasteiger partial charge in [-0.1, -0.05) is 29.4 Å². The standard InChI is InChI=1S/C13H17N5O/c14-13(17-19)12-4-2-11(3-5-12)10-15-7-9-18-8-1-6-16-18/h1-6,8,15,19H,7,9-10H2,(H2,14,17). The Labute approximate surface area is 111 Å². The van der Waals surface area contributed by atoms with Crippen molar-refractivity contribution < 1.29 is 5.21 Å². The first kappa shape index (κ1) is 13.1. The van der Waals surface area contributed by atoms with Gasteiger partial charge in [-0.3, -0.25) is 4.68 Å². The molecule has 2 rings (SSSR count). The van der Waals surface area contributed by atoms with Crippen molar-refractivity contribution >= 4 is 5.84 Å². The van der Waals surface area contributed by atoms with Crippen LogP contribution in [0.25, 0.3) is 0 Å². The van der Waals surface area contributed by atoms with E-state index in [2.05, 4.69) is 15.6 Å². The second-order valence-electron chi connectivity index (χ2n) is 4.13. The summed E-state index contributed by atoms with van der Waals surface area (Å²) in [7, 11) is 0. The lowest BCUT2D eigenvalue weighted by Crippen LogP contribution is -2.20. The summed E-state index contributed by atoms with van der Waals surface area (Å²) in [5, 5.41) is 19.0. The zero-order valence-corrected chi connectivity index (χ0v) is 10.5. The molecule has 1 heterocycles. The quantitative estimate of drug-likeness (QED) is 0.235. The highest BCUT2D eigenvalue weighted by atomic mass is 16.4. The normalized spacial score (nSPS) is 11.7.